The van der Waals surface area contributed by atoms with Gasteiger partial charge in [-0.25, -0.2) is 0 Å². The molecule has 0 saturated heterocycles. The molecule has 1 aliphatic rings. The lowest BCUT2D eigenvalue weighted by molar-refractivity contribution is 0.251. The summed E-state index contributed by atoms with van der Waals surface area (Å²) < 4.78 is 6.15. The van der Waals surface area contributed by atoms with Gasteiger partial charge in [-0.2, -0.15) is 0 Å². The number of ether oxygens (including phenoxy) is 1. The fraction of sp³-hybridized carbons (Fsp3) is 0.667. The zero-order valence-electron chi connectivity index (χ0n) is 13.6. The highest BCUT2D eigenvalue weighted by molar-refractivity contribution is 5.41. The number of likely N-dealkylation sites (N-methyl/N-ethyl adjacent to an activating group) is 1. The molecule has 0 heterocycles. The predicted molar refractivity (Wildman–Crippen MR) is 85.6 cm³/mol. The molecule has 1 aromatic carbocycles. The molecular formula is C18H29NO. The van der Waals surface area contributed by atoms with Crippen LogP contribution < -0.4 is 10.1 Å². The molecule has 20 heavy (non-hydrogen) atoms. The van der Waals surface area contributed by atoms with Crippen LogP contribution in [0.5, 0.6) is 5.75 Å². The molecule has 2 heteroatoms. The third kappa shape index (κ3) is 3.76. The zero-order chi connectivity index (χ0) is 14.8. The van der Waals surface area contributed by atoms with Crippen LogP contribution in [0.25, 0.3) is 0 Å². The lowest BCUT2D eigenvalue weighted by Gasteiger charge is -2.25. The van der Waals surface area contributed by atoms with Gasteiger partial charge in [-0.05, 0) is 54.8 Å². The predicted octanol–water partition coefficient (Wildman–Crippen LogP) is 3.92. The number of nitrogens with one attached hydrogen (secondary N) is 1. The van der Waals surface area contributed by atoms with Crippen molar-refractivity contribution in [3.05, 3.63) is 29.3 Å². The van der Waals surface area contributed by atoms with E-state index in [-0.39, 0.29) is 5.41 Å². The molecule has 0 amide bonds. The summed E-state index contributed by atoms with van der Waals surface area (Å²) in [6.07, 6.45) is 3.76. The Kier molecular flexibility index (Phi) is 4.74. The van der Waals surface area contributed by atoms with Gasteiger partial charge in [0.2, 0.25) is 0 Å². The molecule has 1 aliphatic carbocycles. The van der Waals surface area contributed by atoms with Gasteiger partial charge in [0, 0.05) is 6.04 Å². The monoisotopic (exact) mass is 275 g/mol. The van der Waals surface area contributed by atoms with Crippen LogP contribution in [0.15, 0.2) is 18.2 Å². The molecule has 1 atom stereocenters. The summed E-state index contributed by atoms with van der Waals surface area (Å²) in [4.78, 5) is 0. The summed E-state index contributed by atoms with van der Waals surface area (Å²) in [5.41, 5.74) is 2.83. The highest BCUT2D eigenvalue weighted by atomic mass is 16.5. The van der Waals surface area contributed by atoms with E-state index in [1.54, 1.807) is 0 Å². The average molecular weight is 275 g/mol. The van der Waals surface area contributed by atoms with Crippen molar-refractivity contribution in [1.82, 2.24) is 5.32 Å². The Labute approximate surface area is 123 Å². The normalized spacial score (nSPS) is 17.1. The van der Waals surface area contributed by atoms with Gasteiger partial charge < -0.3 is 10.1 Å². The maximum atomic E-state index is 6.15. The number of rotatable bonds is 6. The van der Waals surface area contributed by atoms with Crippen molar-refractivity contribution >= 4 is 0 Å². The lowest BCUT2D eigenvalue weighted by Crippen LogP contribution is -2.34. The van der Waals surface area contributed by atoms with E-state index in [0.29, 0.717) is 6.04 Å². The van der Waals surface area contributed by atoms with Crippen molar-refractivity contribution in [3.8, 4) is 5.75 Å². The zero-order valence-corrected chi connectivity index (χ0v) is 13.6. The van der Waals surface area contributed by atoms with E-state index in [1.807, 2.05) is 7.05 Å². The Bertz CT molecular complexity index is 443. The second kappa shape index (κ2) is 6.17. The van der Waals surface area contributed by atoms with Gasteiger partial charge in [0.25, 0.3) is 0 Å². The molecular weight excluding hydrogens is 246 g/mol. The quantitative estimate of drug-likeness (QED) is 0.849. The first kappa shape index (κ1) is 15.4. The third-order valence-electron chi connectivity index (χ3n) is 4.24. The van der Waals surface area contributed by atoms with Crippen molar-refractivity contribution < 1.29 is 4.74 Å². The maximum absolute atomic E-state index is 6.15. The summed E-state index contributed by atoms with van der Waals surface area (Å²) in [7, 11) is 2.04. The molecule has 1 unspecified atom stereocenters. The van der Waals surface area contributed by atoms with Crippen LogP contribution >= 0.6 is 0 Å². The average Bonchev–Trinajstić information content (AvgIpc) is 3.23. The Morgan fingerprint density at radius 3 is 2.50 bits per heavy atom. The van der Waals surface area contributed by atoms with E-state index < -0.39 is 0 Å². The van der Waals surface area contributed by atoms with Gasteiger partial charge in [0.1, 0.15) is 12.4 Å². The van der Waals surface area contributed by atoms with Crippen LogP contribution in [-0.4, -0.2) is 19.7 Å². The van der Waals surface area contributed by atoms with Gasteiger partial charge in [-0.1, -0.05) is 39.8 Å². The number of aryl methyl sites for hydroxylation is 1. The summed E-state index contributed by atoms with van der Waals surface area (Å²) in [6.45, 7) is 9.74. The van der Waals surface area contributed by atoms with Crippen LogP contribution in [0, 0.1) is 5.92 Å². The highest BCUT2D eigenvalue weighted by Crippen LogP contribution is 2.35. The summed E-state index contributed by atoms with van der Waals surface area (Å²) in [6, 6.07) is 7.14. The molecule has 0 aliphatic heterocycles. The molecule has 2 rings (SSSR count). The molecule has 0 spiro atoms. The first-order chi connectivity index (χ1) is 9.45. The maximum Gasteiger partial charge on any atom is 0.123 e. The largest absolute Gasteiger partial charge is 0.492 e. The second-order valence-corrected chi connectivity index (χ2v) is 6.98. The van der Waals surface area contributed by atoms with Crippen LogP contribution in [0.3, 0.4) is 0 Å². The molecule has 1 fully saturated rings. The fourth-order valence-electron chi connectivity index (χ4n) is 2.64. The molecule has 112 valence electrons. The van der Waals surface area contributed by atoms with Crippen LogP contribution in [0.2, 0.25) is 0 Å². The Hall–Kier alpha value is -1.02. The Morgan fingerprint density at radius 2 is 2.00 bits per heavy atom. The van der Waals surface area contributed by atoms with Gasteiger partial charge in [0.05, 0.1) is 0 Å². The first-order valence-electron chi connectivity index (χ1n) is 7.89. The molecule has 0 radical (unpaired) electrons. The van der Waals surface area contributed by atoms with E-state index in [1.165, 1.54) is 24.0 Å². The van der Waals surface area contributed by atoms with Gasteiger partial charge in [-0.3, -0.25) is 0 Å². The standard InChI is InChI=1S/C18H29NO/c1-6-13-7-10-17(15(11-13)18(2,3)4)20-12-16(19-5)14-8-9-14/h7,10-11,14,16,19H,6,8-9,12H2,1-5H3. The smallest absolute Gasteiger partial charge is 0.123 e. The number of benzene rings is 1. The van der Waals surface area contributed by atoms with Crippen molar-refractivity contribution in [2.75, 3.05) is 13.7 Å². The minimum absolute atomic E-state index is 0.120. The van der Waals surface area contributed by atoms with E-state index in [0.717, 1.165) is 24.7 Å². The van der Waals surface area contributed by atoms with Crippen molar-refractivity contribution in [2.24, 2.45) is 5.92 Å². The van der Waals surface area contributed by atoms with Crippen LogP contribution in [0.1, 0.15) is 51.7 Å². The van der Waals surface area contributed by atoms with E-state index in [9.17, 15) is 0 Å². The van der Waals surface area contributed by atoms with E-state index >= 15 is 0 Å². The summed E-state index contributed by atoms with van der Waals surface area (Å²) in [5, 5.41) is 3.39. The number of hydrogen-bond donors (Lipinski definition) is 1. The molecule has 1 N–H and O–H groups in total. The number of hydrogen-bond acceptors (Lipinski definition) is 2. The highest BCUT2D eigenvalue weighted by Gasteiger charge is 2.31. The molecule has 0 bridgehead atoms. The summed E-state index contributed by atoms with van der Waals surface area (Å²) >= 11 is 0. The lowest BCUT2D eigenvalue weighted by atomic mass is 9.85. The fourth-order valence-corrected chi connectivity index (χ4v) is 2.64. The van der Waals surface area contributed by atoms with Gasteiger partial charge in [0.15, 0.2) is 0 Å². The van der Waals surface area contributed by atoms with E-state index in [2.05, 4.69) is 51.2 Å². The Morgan fingerprint density at radius 1 is 1.30 bits per heavy atom. The minimum Gasteiger partial charge on any atom is -0.492 e. The Balaban J connectivity index is 2.13. The molecule has 1 saturated carbocycles. The SMILES string of the molecule is CCc1ccc(OCC(NC)C2CC2)c(C(C)(C)C)c1. The van der Waals surface area contributed by atoms with Crippen LogP contribution in [0.4, 0.5) is 0 Å². The third-order valence-corrected chi connectivity index (χ3v) is 4.24. The first-order valence-corrected chi connectivity index (χ1v) is 7.89. The molecule has 0 aromatic heterocycles. The van der Waals surface area contributed by atoms with Crippen molar-refractivity contribution in [1.29, 1.82) is 0 Å². The minimum atomic E-state index is 0.120. The topological polar surface area (TPSA) is 21.3 Å². The molecule has 2 nitrogen and oxygen atoms in total. The summed E-state index contributed by atoms with van der Waals surface area (Å²) in [5.74, 6) is 1.86. The second-order valence-electron chi connectivity index (χ2n) is 6.98. The van der Waals surface area contributed by atoms with Crippen molar-refractivity contribution in [3.63, 3.8) is 0 Å². The van der Waals surface area contributed by atoms with Gasteiger partial charge in [-0.15, -0.1) is 0 Å². The van der Waals surface area contributed by atoms with Crippen molar-refractivity contribution in [2.45, 2.75) is 58.4 Å². The van der Waals surface area contributed by atoms with E-state index in [4.69, 9.17) is 4.74 Å². The van der Waals surface area contributed by atoms with Crippen LogP contribution in [-0.2, 0) is 11.8 Å². The van der Waals surface area contributed by atoms with Gasteiger partial charge >= 0.3 is 0 Å². The molecule has 1 aromatic rings.